The first-order valence-corrected chi connectivity index (χ1v) is 9.02. The Hall–Kier alpha value is -1.91. The van der Waals surface area contributed by atoms with Gasteiger partial charge in [0, 0.05) is 39.2 Å². The van der Waals surface area contributed by atoms with Crippen molar-refractivity contribution in [3.05, 3.63) is 53.6 Å². The maximum atomic E-state index is 6.25. The van der Waals surface area contributed by atoms with E-state index >= 15 is 0 Å². The van der Waals surface area contributed by atoms with Crippen LogP contribution in [0.25, 0.3) is 0 Å². The molecule has 3 rings (SSSR count). The van der Waals surface area contributed by atoms with Crippen LogP contribution in [0.1, 0.15) is 13.3 Å². The van der Waals surface area contributed by atoms with Crippen LogP contribution in [-0.2, 0) is 0 Å². The van der Waals surface area contributed by atoms with Crippen LogP contribution in [0.2, 0.25) is 5.02 Å². The van der Waals surface area contributed by atoms with Gasteiger partial charge in [0.25, 0.3) is 0 Å². The maximum absolute atomic E-state index is 6.25. The van der Waals surface area contributed by atoms with E-state index in [-0.39, 0.29) is 5.60 Å². The van der Waals surface area contributed by atoms with E-state index in [1.54, 1.807) is 0 Å². The van der Waals surface area contributed by atoms with E-state index in [0.717, 1.165) is 43.2 Å². The molecule has 0 saturated carbocycles. The molecule has 1 aliphatic rings. The Kier molecular flexibility index (Phi) is 5.71. The zero-order chi connectivity index (χ0) is 17.7. The molecule has 0 aromatic heterocycles. The van der Waals surface area contributed by atoms with Crippen LogP contribution in [0.3, 0.4) is 0 Å². The first-order chi connectivity index (χ1) is 12.1. The van der Waals surface area contributed by atoms with Crippen LogP contribution in [-0.4, -0.2) is 43.8 Å². The molecule has 0 aliphatic carbocycles. The van der Waals surface area contributed by atoms with E-state index in [1.165, 1.54) is 0 Å². The molecule has 0 amide bonds. The standard InChI is InChI=1S/C20H25ClN2O2/c1-20(25-17-8-9-19(22-2)18(21)14-17)10-11-23(15-20)12-13-24-16-6-4-3-5-7-16/h3-9,14,22H,10-13,15H2,1-2H3. The van der Waals surface area contributed by atoms with Gasteiger partial charge in [-0.2, -0.15) is 0 Å². The average Bonchev–Trinajstić information content (AvgIpc) is 2.97. The van der Waals surface area contributed by atoms with Crippen molar-refractivity contribution in [3.63, 3.8) is 0 Å². The van der Waals surface area contributed by atoms with Gasteiger partial charge in [-0.15, -0.1) is 0 Å². The van der Waals surface area contributed by atoms with Gasteiger partial charge in [-0.25, -0.2) is 0 Å². The molecule has 1 atom stereocenters. The molecule has 5 heteroatoms. The number of halogens is 1. The summed E-state index contributed by atoms with van der Waals surface area (Å²) in [6.45, 7) is 5.63. The third kappa shape index (κ3) is 4.80. The summed E-state index contributed by atoms with van der Waals surface area (Å²) in [6, 6.07) is 15.7. The van der Waals surface area contributed by atoms with Gasteiger partial charge in [-0.3, -0.25) is 4.90 Å². The average molecular weight is 361 g/mol. The monoisotopic (exact) mass is 360 g/mol. The summed E-state index contributed by atoms with van der Waals surface area (Å²) in [5.41, 5.74) is 0.710. The Morgan fingerprint density at radius 2 is 1.96 bits per heavy atom. The molecule has 134 valence electrons. The minimum atomic E-state index is -0.197. The summed E-state index contributed by atoms with van der Waals surface area (Å²) in [5.74, 6) is 1.73. The van der Waals surface area contributed by atoms with Gasteiger partial charge in [0.2, 0.25) is 0 Å². The largest absolute Gasteiger partial charge is 0.492 e. The van der Waals surface area contributed by atoms with Crippen LogP contribution in [0.4, 0.5) is 5.69 Å². The van der Waals surface area contributed by atoms with Crippen LogP contribution in [0.15, 0.2) is 48.5 Å². The Morgan fingerprint density at radius 3 is 2.68 bits per heavy atom. The lowest BCUT2D eigenvalue weighted by molar-refractivity contribution is 0.0935. The highest BCUT2D eigenvalue weighted by Crippen LogP contribution is 2.31. The maximum Gasteiger partial charge on any atom is 0.121 e. The first kappa shape index (κ1) is 17.9. The van der Waals surface area contributed by atoms with Crippen LogP contribution >= 0.6 is 11.6 Å². The molecule has 2 aromatic rings. The second-order valence-electron chi connectivity index (χ2n) is 6.63. The molecule has 0 radical (unpaired) electrons. The minimum absolute atomic E-state index is 0.197. The zero-order valence-electron chi connectivity index (χ0n) is 14.8. The summed E-state index contributed by atoms with van der Waals surface area (Å²) in [4.78, 5) is 2.38. The normalized spacial score (nSPS) is 20.4. The highest BCUT2D eigenvalue weighted by Gasteiger charge is 2.35. The van der Waals surface area contributed by atoms with Crippen LogP contribution in [0, 0.1) is 0 Å². The third-order valence-corrected chi connectivity index (χ3v) is 4.82. The molecular weight excluding hydrogens is 336 g/mol. The number of nitrogens with zero attached hydrogens (tertiary/aromatic N) is 1. The Balaban J connectivity index is 1.49. The van der Waals surface area contributed by atoms with Gasteiger partial charge >= 0.3 is 0 Å². The molecule has 0 spiro atoms. The van der Waals surface area contributed by atoms with Crippen molar-refractivity contribution >= 4 is 17.3 Å². The van der Waals surface area contributed by atoms with Gasteiger partial charge in [-0.1, -0.05) is 29.8 Å². The van der Waals surface area contributed by atoms with E-state index < -0.39 is 0 Å². The Morgan fingerprint density at radius 1 is 1.16 bits per heavy atom. The lowest BCUT2D eigenvalue weighted by atomic mass is 10.1. The van der Waals surface area contributed by atoms with Crippen molar-refractivity contribution in [2.45, 2.75) is 18.9 Å². The van der Waals surface area contributed by atoms with E-state index in [0.29, 0.717) is 11.6 Å². The van der Waals surface area contributed by atoms with Crippen LogP contribution < -0.4 is 14.8 Å². The zero-order valence-corrected chi connectivity index (χ0v) is 15.6. The molecule has 1 saturated heterocycles. The summed E-state index contributed by atoms with van der Waals surface area (Å²) in [7, 11) is 1.86. The van der Waals surface area contributed by atoms with Crippen molar-refractivity contribution in [2.24, 2.45) is 0 Å². The fourth-order valence-electron chi connectivity index (χ4n) is 3.16. The number of anilines is 1. The second-order valence-corrected chi connectivity index (χ2v) is 7.04. The summed E-state index contributed by atoms with van der Waals surface area (Å²) in [6.07, 6.45) is 0.990. The number of likely N-dealkylation sites (tertiary alicyclic amines) is 1. The quantitative estimate of drug-likeness (QED) is 0.798. The minimum Gasteiger partial charge on any atom is -0.492 e. The molecule has 4 nitrogen and oxygen atoms in total. The first-order valence-electron chi connectivity index (χ1n) is 8.64. The lowest BCUT2D eigenvalue weighted by Gasteiger charge is -2.27. The summed E-state index contributed by atoms with van der Waals surface area (Å²) >= 11 is 6.25. The van der Waals surface area contributed by atoms with Crippen LogP contribution in [0.5, 0.6) is 11.5 Å². The Bertz CT molecular complexity index is 695. The van der Waals surface area contributed by atoms with E-state index in [2.05, 4.69) is 17.1 Å². The molecule has 2 aromatic carbocycles. The van der Waals surface area contributed by atoms with Crippen molar-refractivity contribution in [2.75, 3.05) is 38.6 Å². The fraction of sp³-hybridized carbons (Fsp3) is 0.400. The highest BCUT2D eigenvalue weighted by molar-refractivity contribution is 6.33. The second kappa shape index (κ2) is 7.98. The summed E-state index contributed by atoms with van der Waals surface area (Å²) < 4.78 is 12.0. The van der Waals surface area contributed by atoms with Crippen molar-refractivity contribution in [3.8, 4) is 11.5 Å². The number of hydrogen-bond acceptors (Lipinski definition) is 4. The van der Waals surface area contributed by atoms with E-state index in [4.69, 9.17) is 21.1 Å². The van der Waals surface area contributed by atoms with Crippen molar-refractivity contribution < 1.29 is 9.47 Å². The van der Waals surface area contributed by atoms with Gasteiger partial charge in [0.15, 0.2) is 0 Å². The molecule has 25 heavy (non-hydrogen) atoms. The summed E-state index contributed by atoms with van der Waals surface area (Å²) in [5, 5.41) is 3.74. The van der Waals surface area contributed by atoms with Gasteiger partial charge in [-0.05, 0) is 31.2 Å². The van der Waals surface area contributed by atoms with Crippen molar-refractivity contribution in [1.29, 1.82) is 0 Å². The Labute approximate surface area is 154 Å². The van der Waals surface area contributed by atoms with E-state index in [9.17, 15) is 0 Å². The SMILES string of the molecule is CNc1ccc(OC2(C)CCN(CCOc3ccccc3)C2)cc1Cl. The van der Waals surface area contributed by atoms with Gasteiger partial charge in [0.1, 0.15) is 23.7 Å². The molecule has 1 aliphatic heterocycles. The molecule has 1 heterocycles. The molecule has 1 N–H and O–H groups in total. The topological polar surface area (TPSA) is 33.7 Å². The number of ether oxygens (including phenoxy) is 2. The third-order valence-electron chi connectivity index (χ3n) is 4.51. The van der Waals surface area contributed by atoms with E-state index in [1.807, 2.05) is 55.6 Å². The smallest absolute Gasteiger partial charge is 0.121 e. The number of benzene rings is 2. The molecule has 1 fully saturated rings. The number of hydrogen-bond donors (Lipinski definition) is 1. The van der Waals surface area contributed by atoms with Gasteiger partial charge < -0.3 is 14.8 Å². The molecular formula is C20H25ClN2O2. The lowest BCUT2D eigenvalue weighted by Crippen LogP contribution is -2.37. The molecule has 0 bridgehead atoms. The predicted octanol–water partition coefficient (Wildman–Crippen LogP) is 4.30. The highest BCUT2D eigenvalue weighted by atomic mass is 35.5. The fourth-order valence-corrected chi connectivity index (χ4v) is 3.42. The predicted molar refractivity (Wildman–Crippen MR) is 103 cm³/mol. The number of rotatable bonds is 7. The number of para-hydroxylation sites is 1. The van der Waals surface area contributed by atoms with Gasteiger partial charge in [0.05, 0.1) is 10.7 Å². The number of nitrogens with one attached hydrogen (secondary N) is 1. The van der Waals surface area contributed by atoms with Crippen molar-refractivity contribution in [1.82, 2.24) is 4.90 Å². The molecule has 1 unspecified atom stereocenters.